The zero-order valence-corrected chi connectivity index (χ0v) is 15.3. The third-order valence-corrected chi connectivity index (χ3v) is 4.14. The first kappa shape index (κ1) is 20.3. The predicted molar refractivity (Wildman–Crippen MR) is 104 cm³/mol. The number of amides is 1. The van der Waals surface area contributed by atoms with Gasteiger partial charge in [-0.15, -0.1) is 0 Å². The molecule has 3 rings (SSSR count). The molecule has 2 aromatic rings. The normalized spacial score (nSPS) is 18.6. The van der Waals surface area contributed by atoms with Gasteiger partial charge in [-0.3, -0.25) is 9.69 Å². The Morgan fingerprint density at radius 1 is 1.19 bits per heavy atom. The van der Waals surface area contributed by atoms with E-state index in [1.54, 1.807) is 12.1 Å². The maximum absolute atomic E-state index is 12.4. The Balaban J connectivity index is 0.00000126. The van der Waals surface area contributed by atoms with E-state index in [4.69, 9.17) is 15.4 Å². The highest BCUT2D eigenvalue weighted by Crippen LogP contribution is 2.24. The summed E-state index contributed by atoms with van der Waals surface area (Å²) in [7, 11) is 2.86. The smallest absolute Gasteiger partial charge is 0.241 e. The lowest BCUT2D eigenvalue weighted by Crippen LogP contribution is -2.37. The Kier molecular flexibility index (Phi) is 7.63. The van der Waals surface area contributed by atoms with Gasteiger partial charge in [-0.2, -0.15) is 0 Å². The van der Waals surface area contributed by atoms with Crippen molar-refractivity contribution in [2.24, 2.45) is 5.11 Å². The van der Waals surface area contributed by atoms with Crippen LogP contribution in [-0.2, 0) is 4.79 Å². The topological polar surface area (TPSA) is 111 Å². The number of likely N-dealkylation sites (tertiary alicyclic amines) is 1. The van der Waals surface area contributed by atoms with E-state index in [2.05, 4.69) is 15.3 Å². The summed E-state index contributed by atoms with van der Waals surface area (Å²) >= 11 is 0. The molecule has 0 saturated carbocycles. The fourth-order valence-corrected chi connectivity index (χ4v) is 2.89. The molecule has 1 saturated heterocycles. The summed E-state index contributed by atoms with van der Waals surface area (Å²) in [6.07, 6.45) is 0.529. The van der Waals surface area contributed by atoms with Crippen molar-refractivity contribution in [2.75, 3.05) is 26.0 Å². The number of nitrogens with one attached hydrogen (secondary N) is 1. The van der Waals surface area contributed by atoms with E-state index in [9.17, 15) is 4.79 Å². The van der Waals surface area contributed by atoms with Crippen molar-refractivity contribution in [3.63, 3.8) is 0 Å². The molecule has 0 aliphatic carbocycles. The van der Waals surface area contributed by atoms with Crippen LogP contribution in [0.25, 0.3) is 10.4 Å². The molecule has 1 heterocycles. The average Bonchev–Trinajstić information content (AvgIpc) is 3.06. The van der Waals surface area contributed by atoms with E-state index in [-0.39, 0.29) is 18.0 Å². The first-order valence-corrected chi connectivity index (χ1v) is 8.48. The van der Waals surface area contributed by atoms with Gasteiger partial charge in [-0.1, -0.05) is 23.3 Å². The van der Waals surface area contributed by atoms with Crippen LogP contribution in [0.15, 0.2) is 59.7 Å². The summed E-state index contributed by atoms with van der Waals surface area (Å²) in [5.74, 6) is 1.36. The Morgan fingerprint density at radius 2 is 1.81 bits per heavy atom. The Hall–Kier alpha value is -3.06. The third kappa shape index (κ3) is 5.72. The van der Waals surface area contributed by atoms with Gasteiger partial charge in [0.15, 0.2) is 0 Å². The van der Waals surface area contributed by atoms with Crippen molar-refractivity contribution in [3.8, 4) is 11.5 Å². The van der Waals surface area contributed by atoms with Crippen LogP contribution in [0.4, 0.5) is 5.69 Å². The van der Waals surface area contributed by atoms with Crippen LogP contribution in [0.5, 0.6) is 11.5 Å². The molecule has 1 unspecified atom stereocenters. The Morgan fingerprint density at radius 3 is 2.44 bits per heavy atom. The van der Waals surface area contributed by atoms with Crippen molar-refractivity contribution >= 4 is 11.6 Å². The van der Waals surface area contributed by atoms with Crippen LogP contribution < -0.4 is 10.1 Å². The number of ether oxygens (including phenoxy) is 1. The molecular weight excluding hydrogens is 346 g/mol. The van der Waals surface area contributed by atoms with E-state index < -0.39 is 0 Å². The van der Waals surface area contributed by atoms with Crippen molar-refractivity contribution in [3.05, 3.63) is 65.0 Å². The molecule has 0 bridgehead atoms. The van der Waals surface area contributed by atoms with E-state index >= 15 is 0 Å². The number of hydrogen-bond donors (Lipinski definition) is 2. The zero-order valence-electron chi connectivity index (χ0n) is 15.3. The quantitative estimate of drug-likeness (QED) is 0.478. The number of aliphatic hydroxyl groups is 1. The summed E-state index contributed by atoms with van der Waals surface area (Å²) in [5, 5.41) is 13.6. The lowest BCUT2D eigenvalue weighted by Gasteiger charge is -2.18. The van der Waals surface area contributed by atoms with E-state index in [1.807, 2.05) is 54.4 Å². The van der Waals surface area contributed by atoms with Gasteiger partial charge in [-0.25, -0.2) is 0 Å². The number of aliphatic hydroxyl groups excluding tert-OH is 1. The van der Waals surface area contributed by atoms with Gasteiger partial charge in [-0.05, 0) is 55.4 Å². The fraction of sp³-hybridized carbons (Fsp3) is 0.316. The fourth-order valence-electron chi connectivity index (χ4n) is 2.89. The minimum absolute atomic E-state index is 0.102. The highest BCUT2D eigenvalue weighted by molar-refractivity contribution is 5.95. The molecular formula is C19H23N5O3. The first-order valence-electron chi connectivity index (χ1n) is 8.48. The number of carbonyl (C=O) groups is 1. The number of para-hydroxylation sites is 1. The average molecular weight is 369 g/mol. The standard InChI is InChI=1S/C18H19N5O2.CH4O/c1-23-12-14(21-22-19)11-17(23)18(24)20-13-7-9-16(10-8-13)25-15-5-3-2-4-6-15;1-2/h2-10,14,17H,11-12H2,1H3,(H,20,24);2H,1H3/t14?,17-;/m0./s1. The van der Waals surface area contributed by atoms with Crippen LogP contribution in [0.2, 0.25) is 0 Å². The number of carbonyl (C=O) groups excluding carboxylic acids is 1. The predicted octanol–water partition coefficient (Wildman–Crippen LogP) is 3.41. The molecule has 0 aromatic heterocycles. The van der Waals surface area contributed by atoms with Gasteiger partial charge in [0.05, 0.1) is 12.1 Å². The molecule has 27 heavy (non-hydrogen) atoms. The largest absolute Gasteiger partial charge is 0.457 e. The number of azide groups is 1. The van der Waals surface area contributed by atoms with Gasteiger partial charge in [0, 0.05) is 24.3 Å². The van der Waals surface area contributed by atoms with E-state index in [1.165, 1.54) is 0 Å². The summed E-state index contributed by atoms with van der Waals surface area (Å²) in [5.41, 5.74) is 9.23. The van der Waals surface area contributed by atoms with Gasteiger partial charge < -0.3 is 15.2 Å². The number of nitrogens with zero attached hydrogens (tertiary/aromatic N) is 4. The third-order valence-electron chi connectivity index (χ3n) is 4.14. The van der Waals surface area contributed by atoms with E-state index in [0.29, 0.717) is 24.4 Å². The molecule has 8 nitrogen and oxygen atoms in total. The number of rotatable bonds is 5. The first-order chi connectivity index (χ1) is 13.2. The minimum Gasteiger partial charge on any atom is -0.457 e. The van der Waals surface area contributed by atoms with Crippen molar-refractivity contribution < 1.29 is 14.6 Å². The van der Waals surface area contributed by atoms with Gasteiger partial charge in [0.2, 0.25) is 5.91 Å². The van der Waals surface area contributed by atoms with Crippen LogP contribution >= 0.6 is 0 Å². The Bertz CT molecular complexity index is 776. The van der Waals surface area contributed by atoms with Gasteiger partial charge >= 0.3 is 0 Å². The summed E-state index contributed by atoms with van der Waals surface area (Å²) in [4.78, 5) is 17.2. The van der Waals surface area contributed by atoms with Crippen molar-refractivity contribution in [1.82, 2.24) is 4.90 Å². The van der Waals surface area contributed by atoms with Crippen LogP contribution in [0, 0.1) is 0 Å². The summed E-state index contributed by atoms with van der Waals surface area (Å²) in [6, 6.07) is 16.3. The molecule has 2 N–H and O–H groups in total. The molecule has 1 aliphatic heterocycles. The second kappa shape index (κ2) is 10.2. The monoisotopic (exact) mass is 369 g/mol. The second-order valence-corrected chi connectivity index (χ2v) is 5.98. The summed E-state index contributed by atoms with van der Waals surface area (Å²) < 4.78 is 5.73. The van der Waals surface area contributed by atoms with Crippen LogP contribution in [-0.4, -0.2) is 48.7 Å². The zero-order chi connectivity index (χ0) is 19.6. The number of benzene rings is 2. The SMILES string of the molecule is CN1CC(N=[N+]=[N-])C[C@H]1C(=O)Nc1ccc(Oc2ccccc2)cc1.CO. The molecule has 8 heteroatoms. The lowest BCUT2D eigenvalue weighted by atomic mass is 10.1. The molecule has 2 aromatic carbocycles. The van der Waals surface area contributed by atoms with Gasteiger partial charge in [0.1, 0.15) is 11.5 Å². The van der Waals surface area contributed by atoms with Gasteiger partial charge in [0.25, 0.3) is 0 Å². The minimum atomic E-state index is -0.296. The highest BCUT2D eigenvalue weighted by atomic mass is 16.5. The molecule has 1 amide bonds. The van der Waals surface area contributed by atoms with Crippen molar-refractivity contribution in [2.45, 2.75) is 18.5 Å². The molecule has 142 valence electrons. The molecule has 2 atom stereocenters. The number of anilines is 1. The maximum Gasteiger partial charge on any atom is 0.241 e. The lowest BCUT2D eigenvalue weighted by molar-refractivity contribution is -0.119. The molecule has 1 fully saturated rings. The summed E-state index contributed by atoms with van der Waals surface area (Å²) in [6.45, 7) is 0.589. The van der Waals surface area contributed by atoms with Crippen molar-refractivity contribution in [1.29, 1.82) is 0 Å². The van der Waals surface area contributed by atoms with Crippen LogP contribution in [0.1, 0.15) is 6.42 Å². The second-order valence-electron chi connectivity index (χ2n) is 5.98. The molecule has 0 radical (unpaired) electrons. The number of hydrogen-bond acceptors (Lipinski definition) is 5. The molecule has 0 spiro atoms. The number of likely N-dealkylation sites (N-methyl/N-ethyl adjacent to an activating group) is 1. The van der Waals surface area contributed by atoms with Crippen LogP contribution in [0.3, 0.4) is 0 Å². The highest BCUT2D eigenvalue weighted by Gasteiger charge is 2.33. The molecule has 1 aliphatic rings. The maximum atomic E-state index is 12.4. The van der Waals surface area contributed by atoms with E-state index in [0.717, 1.165) is 12.9 Å². The Labute approximate surface area is 158 Å².